The van der Waals surface area contributed by atoms with Crippen LogP contribution in [0.25, 0.3) is 5.57 Å². The zero-order valence-corrected chi connectivity index (χ0v) is 17.0. The number of nitrogens with zero attached hydrogens (tertiary/aromatic N) is 1. The summed E-state index contributed by atoms with van der Waals surface area (Å²) in [6, 6.07) is 9.07. The number of imide groups is 1. The number of thiophene rings is 1. The van der Waals surface area contributed by atoms with Crippen molar-refractivity contribution < 1.29 is 14.3 Å². The van der Waals surface area contributed by atoms with Crippen LogP contribution in [-0.2, 0) is 14.3 Å². The molecule has 2 aromatic rings. The van der Waals surface area contributed by atoms with Gasteiger partial charge in [0.1, 0.15) is 5.70 Å². The lowest BCUT2D eigenvalue weighted by Gasteiger charge is -2.16. The van der Waals surface area contributed by atoms with Gasteiger partial charge in [0.15, 0.2) is 0 Å². The molecular weight excluding hydrogens is 384 g/mol. The summed E-state index contributed by atoms with van der Waals surface area (Å²) in [4.78, 5) is 28.0. The van der Waals surface area contributed by atoms with E-state index in [0.717, 1.165) is 16.1 Å². The van der Waals surface area contributed by atoms with Gasteiger partial charge in [-0.1, -0.05) is 17.7 Å². The number of carbonyl (C=O) groups excluding carboxylic acids is 2. The average Bonchev–Trinajstić information content (AvgIpc) is 3.19. The molecule has 0 aliphatic carbocycles. The maximum absolute atomic E-state index is 13.0. The second-order valence-electron chi connectivity index (χ2n) is 6.49. The van der Waals surface area contributed by atoms with E-state index in [1.807, 2.05) is 44.4 Å². The molecule has 7 heteroatoms. The lowest BCUT2D eigenvalue weighted by molar-refractivity contribution is -0.137. The van der Waals surface area contributed by atoms with Crippen LogP contribution in [0.3, 0.4) is 0 Å². The topological polar surface area (TPSA) is 58.6 Å². The number of anilines is 1. The van der Waals surface area contributed by atoms with E-state index in [1.165, 1.54) is 16.2 Å². The van der Waals surface area contributed by atoms with Gasteiger partial charge in [0.2, 0.25) is 0 Å². The van der Waals surface area contributed by atoms with Gasteiger partial charge in [-0.25, -0.2) is 0 Å². The van der Waals surface area contributed by atoms with Gasteiger partial charge in [-0.15, -0.1) is 11.3 Å². The van der Waals surface area contributed by atoms with E-state index >= 15 is 0 Å². The molecule has 1 aromatic heterocycles. The Bertz CT molecular complexity index is 891. The van der Waals surface area contributed by atoms with Crippen LogP contribution in [0.1, 0.15) is 24.3 Å². The molecule has 1 aliphatic heterocycles. The second kappa shape index (κ2) is 8.25. The lowest BCUT2D eigenvalue weighted by Crippen LogP contribution is -2.35. The van der Waals surface area contributed by atoms with Crippen molar-refractivity contribution in [2.75, 3.05) is 18.5 Å². The van der Waals surface area contributed by atoms with Crippen molar-refractivity contribution in [3.05, 3.63) is 56.9 Å². The molecule has 1 N–H and O–H groups in total. The summed E-state index contributed by atoms with van der Waals surface area (Å²) in [5.74, 6) is -0.644. The Morgan fingerprint density at radius 2 is 2.00 bits per heavy atom. The summed E-state index contributed by atoms with van der Waals surface area (Å²) >= 11 is 7.45. The minimum Gasteiger partial charge on any atom is -0.377 e. The van der Waals surface area contributed by atoms with Crippen molar-refractivity contribution in [1.82, 2.24) is 4.90 Å². The van der Waals surface area contributed by atoms with Gasteiger partial charge in [-0.2, -0.15) is 0 Å². The predicted molar refractivity (Wildman–Crippen MR) is 109 cm³/mol. The molecule has 3 rings (SSSR count). The quantitative estimate of drug-likeness (QED) is 0.698. The highest BCUT2D eigenvalue weighted by molar-refractivity contribution is 7.11. The van der Waals surface area contributed by atoms with E-state index in [9.17, 15) is 9.59 Å². The maximum Gasteiger partial charge on any atom is 0.278 e. The van der Waals surface area contributed by atoms with Gasteiger partial charge in [0, 0.05) is 15.6 Å². The number of hydrogen-bond donors (Lipinski definition) is 1. The Kier molecular flexibility index (Phi) is 5.99. The Hall–Kier alpha value is -2.15. The molecule has 27 heavy (non-hydrogen) atoms. The van der Waals surface area contributed by atoms with Crippen molar-refractivity contribution >= 4 is 46.0 Å². The van der Waals surface area contributed by atoms with E-state index < -0.39 is 0 Å². The third kappa shape index (κ3) is 4.24. The first kappa shape index (κ1) is 19.6. The maximum atomic E-state index is 13.0. The van der Waals surface area contributed by atoms with E-state index in [-0.39, 0.29) is 30.2 Å². The molecule has 2 amide bonds. The highest BCUT2D eigenvalue weighted by atomic mass is 35.5. The molecule has 0 radical (unpaired) electrons. The number of halogens is 1. The first-order chi connectivity index (χ1) is 12.9. The van der Waals surface area contributed by atoms with Crippen LogP contribution in [0.2, 0.25) is 5.02 Å². The number of hydrogen-bond acceptors (Lipinski definition) is 5. The summed E-state index contributed by atoms with van der Waals surface area (Å²) < 4.78 is 5.52. The molecule has 0 saturated heterocycles. The zero-order chi connectivity index (χ0) is 19.6. The van der Waals surface area contributed by atoms with Gasteiger partial charge in [0.25, 0.3) is 11.8 Å². The first-order valence-corrected chi connectivity index (χ1v) is 9.93. The van der Waals surface area contributed by atoms with Crippen LogP contribution >= 0.6 is 22.9 Å². The standard InChI is InChI=1S/C20H21ClN2O3S/c1-12(2)26-9-8-23-19(24)17(16-5-4-10-27-16)18(20(23)25)22-15-7-6-14(21)11-13(15)3/h4-7,10-12,22H,8-9H2,1-3H3. The average molecular weight is 405 g/mol. The fourth-order valence-corrected chi connectivity index (χ4v) is 3.82. The Balaban J connectivity index is 1.93. The van der Waals surface area contributed by atoms with Gasteiger partial charge < -0.3 is 10.1 Å². The van der Waals surface area contributed by atoms with Crippen molar-refractivity contribution in [2.45, 2.75) is 26.9 Å². The molecule has 0 bridgehead atoms. The summed E-state index contributed by atoms with van der Waals surface area (Å²) in [6.07, 6.45) is 0.0387. The highest BCUT2D eigenvalue weighted by Gasteiger charge is 2.39. The van der Waals surface area contributed by atoms with Gasteiger partial charge in [0.05, 0.1) is 24.8 Å². The Morgan fingerprint density at radius 1 is 1.22 bits per heavy atom. The van der Waals surface area contributed by atoms with E-state index in [1.54, 1.807) is 12.1 Å². The van der Waals surface area contributed by atoms with Gasteiger partial charge >= 0.3 is 0 Å². The number of ether oxygens (including phenoxy) is 1. The Labute approximate surface area is 167 Å². The number of carbonyl (C=O) groups is 2. The normalized spacial score (nSPS) is 14.6. The predicted octanol–water partition coefficient (Wildman–Crippen LogP) is 4.33. The van der Waals surface area contributed by atoms with Crippen molar-refractivity contribution in [3.63, 3.8) is 0 Å². The number of nitrogens with one attached hydrogen (secondary N) is 1. The number of benzene rings is 1. The third-order valence-corrected chi connectivity index (χ3v) is 5.27. The Morgan fingerprint density at radius 3 is 2.63 bits per heavy atom. The minimum absolute atomic E-state index is 0.0387. The molecule has 1 aromatic carbocycles. The highest BCUT2D eigenvalue weighted by Crippen LogP contribution is 2.33. The smallest absolute Gasteiger partial charge is 0.278 e. The lowest BCUT2D eigenvalue weighted by atomic mass is 10.1. The summed E-state index contributed by atoms with van der Waals surface area (Å²) in [5, 5.41) is 5.66. The summed E-state index contributed by atoms with van der Waals surface area (Å²) in [6.45, 7) is 6.25. The summed E-state index contributed by atoms with van der Waals surface area (Å²) in [5.41, 5.74) is 2.32. The van der Waals surface area contributed by atoms with Crippen LogP contribution in [0, 0.1) is 6.92 Å². The first-order valence-electron chi connectivity index (χ1n) is 8.67. The fraction of sp³-hybridized carbons (Fsp3) is 0.300. The summed E-state index contributed by atoms with van der Waals surface area (Å²) in [7, 11) is 0. The second-order valence-corrected chi connectivity index (χ2v) is 7.88. The molecule has 0 spiro atoms. The minimum atomic E-state index is -0.342. The molecule has 5 nitrogen and oxygen atoms in total. The van der Waals surface area contributed by atoms with Crippen molar-refractivity contribution in [2.24, 2.45) is 0 Å². The van der Waals surface area contributed by atoms with E-state index in [2.05, 4.69) is 5.32 Å². The molecule has 142 valence electrons. The number of rotatable bonds is 7. The van der Waals surface area contributed by atoms with Gasteiger partial charge in [-0.05, 0) is 56.0 Å². The van der Waals surface area contributed by atoms with Crippen LogP contribution in [-0.4, -0.2) is 36.0 Å². The zero-order valence-electron chi connectivity index (χ0n) is 15.4. The van der Waals surface area contributed by atoms with E-state index in [4.69, 9.17) is 16.3 Å². The monoisotopic (exact) mass is 404 g/mol. The SMILES string of the molecule is Cc1cc(Cl)ccc1NC1=C(c2cccs2)C(=O)N(CCOC(C)C)C1=O. The molecule has 1 aliphatic rings. The molecule has 2 heterocycles. The molecular formula is C20H21ClN2O3S. The largest absolute Gasteiger partial charge is 0.377 e. The fourth-order valence-electron chi connectivity index (χ4n) is 2.83. The van der Waals surface area contributed by atoms with E-state index in [0.29, 0.717) is 17.2 Å². The van der Waals surface area contributed by atoms with Crippen molar-refractivity contribution in [1.29, 1.82) is 0 Å². The molecule has 0 unspecified atom stereocenters. The van der Waals surface area contributed by atoms with Crippen LogP contribution < -0.4 is 5.32 Å². The molecule has 0 saturated carbocycles. The van der Waals surface area contributed by atoms with Crippen molar-refractivity contribution in [3.8, 4) is 0 Å². The van der Waals surface area contributed by atoms with Crippen LogP contribution in [0.4, 0.5) is 5.69 Å². The third-order valence-electron chi connectivity index (χ3n) is 4.15. The number of aryl methyl sites for hydroxylation is 1. The van der Waals surface area contributed by atoms with Crippen LogP contribution in [0.5, 0.6) is 0 Å². The number of amides is 2. The van der Waals surface area contributed by atoms with Gasteiger partial charge in [-0.3, -0.25) is 14.5 Å². The van der Waals surface area contributed by atoms with Crippen LogP contribution in [0.15, 0.2) is 41.4 Å². The molecule has 0 atom stereocenters. The molecule has 0 fully saturated rings.